The van der Waals surface area contributed by atoms with Gasteiger partial charge in [-0.25, -0.2) is 9.97 Å². The zero-order valence-corrected chi connectivity index (χ0v) is 18.1. The van der Waals surface area contributed by atoms with Gasteiger partial charge in [0.15, 0.2) is 11.5 Å². The fourth-order valence-corrected chi connectivity index (χ4v) is 4.40. The second kappa shape index (κ2) is 8.96. The maximum absolute atomic E-state index is 11.1. The van der Waals surface area contributed by atoms with Crippen LogP contribution in [0.2, 0.25) is 0 Å². The summed E-state index contributed by atoms with van der Waals surface area (Å²) in [5.41, 5.74) is 4.53. The maximum Gasteiger partial charge on any atom is 0.229 e. The van der Waals surface area contributed by atoms with E-state index in [0.717, 1.165) is 42.1 Å². The third-order valence-electron chi connectivity index (χ3n) is 5.93. The van der Waals surface area contributed by atoms with Crippen molar-refractivity contribution in [3.63, 3.8) is 0 Å². The molecule has 0 aliphatic carbocycles. The van der Waals surface area contributed by atoms with Crippen LogP contribution in [-0.2, 0) is 11.3 Å². The number of aromatic nitrogens is 2. The van der Waals surface area contributed by atoms with Crippen LogP contribution in [0.15, 0.2) is 54.9 Å². The zero-order valence-electron chi connectivity index (χ0n) is 18.1. The molecule has 1 aromatic heterocycles. The second-order valence-electron chi connectivity index (χ2n) is 8.21. The number of benzene rings is 2. The van der Waals surface area contributed by atoms with Crippen LogP contribution < -0.4 is 14.8 Å². The smallest absolute Gasteiger partial charge is 0.229 e. The van der Waals surface area contributed by atoms with E-state index in [2.05, 4.69) is 56.6 Å². The lowest BCUT2D eigenvalue weighted by atomic mass is 10.0. The number of rotatable bonds is 5. The molecule has 0 radical (unpaired) electrons. The van der Waals surface area contributed by atoms with E-state index >= 15 is 0 Å². The van der Waals surface area contributed by atoms with Gasteiger partial charge in [0, 0.05) is 37.5 Å². The van der Waals surface area contributed by atoms with E-state index in [9.17, 15) is 4.79 Å². The summed E-state index contributed by atoms with van der Waals surface area (Å²) in [4.78, 5) is 22.1. The first-order chi connectivity index (χ1) is 15.7. The Balaban J connectivity index is 1.27. The van der Waals surface area contributed by atoms with Crippen molar-refractivity contribution in [1.82, 2.24) is 14.9 Å². The van der Waals surface area contributed by atoms with Gasteiger partial charge >= 0.3 is 0 Å². The average molecular weight is 431 g/mol. The van der Waals surface area contributed by atoms with Crippen LogP contribution in [0.3, 0.4) is 0 Å². The minimum atomic E-state index is -0.182. The van der Waals surface area contributed by atoms with Gasteiger partial charge in [-0.3, -0.25) is 15.0 Å². The lowest BCUT2D eigenvalue weighted by Crippen LogP contribution is -2.23. The number of nitrogens with zero attached hydrogens (tertiary/aromatic N) is 3. The Morgan fingerprint density at radius 1 is 1.03 bits per heavy atom. The average Bonchev–Trinajstić information content (AvgIpc) is 3.27. The van der Waals surface area contributed by atoms with Crippen molar-refractivity contribution in [3.05, 3.63) is 66.0 Å². The number of likely N-dealkylation sites (tertiary alicyclic amines) is 1. The van der Waals surface area contributed by atoms with Crippen molar-refractivity contribution in [2.45, 2.75) is 32.4 Å². The quantitative estimate of drug-likeness (QED) is 0.653. The topological polar surface area (TPSA) is 76.6 Å². The third kappa shape index (κ3) is 4.43. The molecule has 0 bridgehead atoms. The van der Waals surface area contributed by atoms with E-state index in [1.54, 1.807) is 12.4 Å². The summed E-state index contributed by atoms with van der Waals surface area (Å²) < 4.78 is 11.5. The molecule has 2 aliphatic heterocycles. The first-order valence-electron chi connectivity index (χ1n) is 11.0. The molecular formula is C25H26N4O3. The molecule has 1 unspecified atom stereocenters. The number of hydrogen-bond acceptors (Lipinski definition) is 6. The second-order valence-corrected chi connectivity index (χ2v) is 8.21. The third-order valence-corrected chi connectivity index (χ3v) is 5.93. The number of anilines is 1. The zero-order chi connectivity index (χ0) is 21.9. The van der Waals surface area contributed by atoms with Crippen LogP contribution in [0.1, 0.15) is 36.9 Å². The number of nitrogens with one attached hydrogen (secondary N) is 1. The summed E-state index contributed by atoms with van der Waals surface area (Å²) in [6, 6.07) is 15.3. The monoisotopic (exact) mass is 430 g/mol. The van der Waals surface area contributed by atoms with Crippen molar-refractivity contribution in [1.29, 1.82) is 0 Å². The predicted octanol–water partition coefficient (Wildman–Crippen LogP) is 4.21. The van der Waals surface area contributed by atoms with Crippen LogP contribution in [0.4, 0.5) is 5.95 Å². The summed E-state index contributed by atoms with van der Waals surface area (Å²) in [5.74, 6) is 1.83. The molecule has 7 heteroatoms. The molecule has 1 N–H and O–H groups in total. The minimum Gasteiger partial charge on any atom is -0.486 e. The number of carbonyl (C=O) groups is 1. The summed E-state index contributed by atoms with van der Waals surface area (Å²) in [6.07, 6.45) is 5.79. The van der Waals surface area contributed by atoms with Crippen molar-refractivity contribution in [2.75, 3.05) is 25.1 Å². The highest BCUT2D eigenvalue weighted by molar-refractivity contribution is 5.86. The lowest BCUT2D eigenvalue weighted by Gasteiger charge is -2.26. The number of fused-ring (bicyclic) bond motifs is 1. The Morgan fingerprint density at radius 3 is 2.53 bits per heavy atom. The summed E-state index contributed by atoms with van der Waals surface area (Å²) >= 11 is 0. The molecule has 5 rings (SSSR count). The molecule has 1 atom stereocenters. The van der Waals surface area contributed by atoms with Gasteiger partial charge in [-0.15, -0.1) is 0 Å². The molecule has 7 nitrogen and oxygen atoms in total. The van der Waals surface area contributed by atoms with Crippen molar-refractivity contribution >= 4 is 11.9 Å². The highest BCUT2D eigenvalue weighted by atomic mass is 16.6. The number of carbonyl (C=O) groups excluding carboxylic acids is 1. The molecule has 164 valence electrons. The van der Waals surface area contributed by atoms with E-state index in [4.69, 9.17) is 9.47 Å². The summed E-state index contributed by atoms with van der Waals surface area (Å²) in [6.45, 7) is 4.65. The molecule has 2 aliphatic rings. The predicted molar refractivity (Wildman–Crippen MR) is 122 cm³/mol. The largest absolute Gasteiger partial charge is 0.486 e. The highest BCUT2D eigenvalue weighted by Gasteiger charge is 2.27. The van der Waals surface area contributed by atoms with E-state index in [1.807, 2.05) is 6.07 Å². The molecule has 2 aromatic carbocycles. The van der Waals surface area contributed by atoms with Crippen LogP contribution in [0, 0.1) is 0 Å². The van der Waals surface area contributed by atoms with Gasteiger partial charge < -0.3 is 9.47 Å². The van der Waals surface area contributed by atoms with Crippen molar-refractivity contribution in [3.8, 4) is 22.6 Å². The Hall–Kier alpha value is -3.45. The van der Waals surface area contributed by atoms with Gasteiger partial charge in [0.05, 0.1) is 0 Å². The molecule has 3 heterocycles. The van der Waals surface area contributed by atoms with Gasteiger partial charge in [0.1, 0.15) is 13.2 Å². The summed E-state index contributed by atoms with van der Waals surface area (Å²) in [7, 11) is 0. The Kier molecular flexibility index (Phi) is 5.73. The molecule has 1 saturated heterocycles. The molecule has 0 spiro atoms. The Labute approximate surface area is 187 Å². The van der Waals surface area contributed by atoms with Gasteiger partial charge in [-0.2, -0.15) is 0 Å². The molecule has 0 saturated carbocycles. The number of ether oxygens (including phenoxy) is 2. The van der Waals surface area contributed by atoms with Gasteiger partial charge in [0.2, 0.25) is 11.9 Å². The van der Waals surface area contributed by atoms with Crippen LogP contribution in [-0.4, -0.2) is 40.5 Å². The SMILES string of the molecule is CC(=O)Nc1ncc(-c2ccc(CN3CCCC3c3ccc4c(c3)OCCO4)cc2)cn1. The van der Waals surface area contributed by atoms with E-state index < -0.39 is 0 Å². The van der Waals surface area contributed by atoms with Crippen molar-refractivity contribution < 1.29 is 14.3 Å². The lowest BCUT2D eigenvalue weighted by molar-refractivity contribution is -0.114. The van der Waals surface area contributed by atoms with E-state index in [-0.39, 0.29) is 5.91 Å². The molecule has 1 fully saturated rings. The summed E-state index contributed by atoms with van der Waals surface area (Å²) in [5, 5.41) is 2.59. The maximum atomic E-state index is 11.1. The molecular weight excluding hydrogens is 404 g/mol. The van der Waals surface area contributed by atoms with Crippen LogP contribution in [0.25, 0.3) is 11.1 Å². The normalized spacial score (nSPS) is 17.8. The number of hydrogen-bond donors (Lipinski definition) is 1. The van der Waals surface area contributed by atoms with Gasteiger partial charge in [-0.05, 0) is 48.2 Å². The first kappa shape index (κ1) is 20.5. The standard InChI is InChI=1S/C25H26N4O3/c1-17(30)28-25-26-14-21(15-27-25)19-6-4-18(5-7-19)16-29-10-2-3-22(29)20-8-9-23-24(13-20)32-12-11-31-23/h4-9,13-15,22H,2-3,10-12,16H2,1H3,(H,26,27,28,30). The van der Waals surface area contributed by atoms with Gasteiger partial charge in [0.25, 0.3) is 0 Å². The number of amides is 1. The van der Waals surface area contributed by atoms with Crippen molar-refractivity contribution in [2.24, 2.45) is 0 Å². The molecule has 32 heavy (non-hydrogen) atoms. The van der Waals surface area contributed by atoms with Crippen LogP contribution in [0.5, 0.6) is 11.5 Å². The first-order valence-corrected chi connectivity index (χ1v) is 11.0. The molecule has 1 amide bonds. The minimum absolute atomic E-state index is 0.182. The van der Waals surface area contributed by atoms with Gasteiger partial charge in [-0.1, -0.05) is 30.3 Å². The van der Waals surface area contributed by atoms with E-state index in [0.29, 0.717) is 25.2 Å². The highest BCUT2D eigenvalue weighted by Crippen LogP contribution is 2.38. The Morgan fingerprint density at radius 2 is 1.78 bits per heavy atom. The van der Waals surface area contributed by atoms with E-state index in [1.165, 1.54) is 24.5 Å². The van der Waals surface area contributed by atoms with Crippen LogP contribution >= 0.6 is 0 Å². The molecule has 3 aromatic rings. The fraction of sp³-hybridized carbons (Fsp3) is 0.320. The Bertz CT molecular complexity index is 1100. The fourth-order valence-electron chi connectivity index (χ4n) is 4.40.